The van der Waals surface area contributed by atoms with Crippen molar-refractivity contribution in [3.05, 3.63) is 47.5 Å². The van der Waals surface area contributed by atoms with Crippen molar-refractivity contribution in [2.24, 2.45) is 0 Å². The minimum absolute atomic E-state index is 0.101. The Morgan fingerprint density at radius 1 is 0.795 bits per heavy atom. The topological polar surface area (TPSA) is 234 Å². The second kappa shape index (κ2) is 14.1. The van der Waals surface area contributed by atoms with Crippen LogP contribution in [0, 0.1) is 0 Å². The first-order chi connectivity index (χ1) is 20.9. The first-order valence-electron chi connectivity index (χ1n) is 13.5. The molecule has 2 fully saturated rings. The van der Waals surface area contributed by atoms with Gasteiger partial charge in [-0.25, -0.2) is 0 Å². The van der Waals surface area contributed by atoms with E-state index in [0.29, 0.717) is 5.56 Å². The number of aliphatic hydroxyl groups excluding tert-OH is 6. The third-order valence-corrected chi connectivity index (χ3v) is 7.31. The van der Waals surface area contributed by atoms with Gasteiger partial charge < -0.3 is 69.3 Å². The largest absolute Gasteiger partial charge is 0.507 e. The van der Waals surface area contributed by atoms with E-state index in [1.165, 1.54) is 45.4 Å². The molecule has 0 amide bonds. The summed E-state index contributed by atoms with van der Waals surface area (Å²) >= 11 is 0. The number of rotatable bonds is 10. The summed E-state index contributed by atoms with van der Waals surface area (Å²) in [7, 11) is 2.65. The molecule has 0 bridgehead atoms. The van der Waals surface area contributed by atoms with E-state index in [4.69, 9.17) is 28.4 Å². The molecular weight excluding hydrogens is 588 g/mol. The van der Waals surface area contributed by atoms with E-state index in [1.54, 1.807) is 6.07 Å². The van der Waals surface area contributed by atoms with E-state index >= 15 is 0 Å². The number of methoxy groups -OCH3 is 2. The van der Waals surface area contributed by atoms with E-state index in [0.717, 1.165) is 12.1 Å². The molecule has 2 heterocycles. The molecule has 0 saturated carbocycles. The predicted octanol–water partition coefficient (Wildman–Crippen LogP) is -0.958. The van der Waals surface area contributed by atoms with Crippen LogP contribution in [-0.4, -0.2) is 129 Å². The molecule has 0 aliphatic carbocycles. The summed E-state index contributed by atoms with van der Waals surface area (Å²) in [6.45, 7) is 0.958. The molecule has 0 aromatic heterocycles. The molecule has 2 aliphatic rings. The second-order valence-electron chi connectivity index (χ2n) is 10.3. The first kappa shape index (κ1) is 33.4. The Hall–Kier alpha value is -3.51. The van der Waals surface area contributed by atoms with E-state index in [-0.39, 0.29) is 28.6 Å². The van der Waals surface area contributed by atoms with Crippen LogP contribution in [-0.2, 0) is 14.2 Å². The molecule has 0 radical (unpaired) electrons. The molecule has 2 aliphatic heterocycles. The molecule has 242 valence electrons. The van der Waals surface area contributed by atoms with Gasteiger partial charge in [0.05, 0.1) is 26.9 Å². The maximum absolute atomic E-state index is 12.9. The number of benzene rings is 2. The molecule has 15 heteroatoms. The van der Waals surface area contributed by atoms with Crippen LogP contribution < -0.4 is 14.2 Å². The molecule has 2 aromatic carbocycles. The SMILES string of the molecule is COc1ccc(/C=C/C(=O)c2c(O)cc(O[C@@H]3O[C@H](CO[C@@H]4O[C@H](C)[C@@H](O)[C@H](O)[C@@H]4O)[C@H](O)[C@H](O)[C@@H]3O)cc2OC)cc1O. The van der Waals surface area contributed by atoms with Gasteiger partial charge in [0.15, 0.2) is 23.6 Å². The van der Waals surface area contributed by atoms with Crippen LogP contribution in [0.25, 0.3) is 6.08 Å². The van der Waals surface area contributed by atoms with Gasteiger partial charge in [0, 0.05) is 12.1 Å². The van der Waals surface area contributed by atoms with E-state index < -0.39 is 79.6 Å². The lowest BCUT2D eigenvalue weighted by Crippen LogP contribution is -2.61. The fourth-order valence-electron chi connectivity index (χ4n) is 4.75. The number of ketones is 1. The summed E-state index contributed by atoms with van der Waals surface area (Å²) in [5.74, 6) is -1.31. The zero-order chi connectivity index (χ0) is 32.3. The molecule has 10 atom stereocenters. The Kier molecular flexibility index (Phi) is 10.7. The summed E-state index contributed by atoms with van der Waals surface area (Å²) < 4.78 is 32.3. The molecule has 2 saturated heterocycles. The van der Waals surface area contributed by atoms with Gasteiger partial charge in [0.25, 0.3) is 0 Å². The van der Waals surface area contributed by atoms with Gasteiger partial charge in [-0.3, -0.25) is 4.79 Å². The molecule has 15 nitrogen and oxygen atoms in total. The summed E-state index contributed by atoms with van der Waals surface area (Å²) in [5.41, 5.74) is 0.263. The summed E-state index contributed by atoms with van der Waals surface area (Å²) in [6, 6.07) is 6.80. The van der Waals surface area contributed by atoms with Crippen molar-refractivity contribution >= 4 is 11.9 Å². The Morgan fingerprint density at radius 2 is 1.45 bits per heavy atom. The van der Waals surface area contributed by atoms with Gasteiger partial charge in [-0.2, -0.15) is 0 Å². The van der Waals surface area contributed by atoms with Crippen LogP contribution >= 0.6 is 0 Å². The highest BCUT2D eigenvalue weighted by molar-refractivity contribution is 6.10. The second-order valence-corrected chi connectivity index (χ2v) is 10.3. The van der Waals surface area contributed by atoms with E-state index in [1.807, 2.05) is 0 Å². The van der Waals surface area contributed by atoms with E-state index in [9.17, 15) is 45.6 Å². The van der Waals surface area contributed by atoms with Crippen molar-refractivity contribution in [3.63, 3.8) is 0 Å². The Balaban J connectivity index is 1.46. The minimum Gasteiger partial charge on any atom is -0.507 e. The fourth-order valence-corrected chi connectivity index (χ4v) is 4.75. The van der Waals surface area contributed by atoms with Crippen molar-refractivity contribution in [3.8, 4) is 28.7 Å². The van der Waals surface area contributed by atoms with Crippen molar-refractivity contribution in [1.29, 1.82) is 0 Å². The number of allylic oxidation sites excluding steroid dienone is 1. The standard InChI is InChI=1S/C29H36O15/c1-12-22(33)24(35)26(37)28(42-12)41-11-20-23(34)25(36)27(38)29(44-20)43-14-9-17(32)21(19(10-14)40-3)15(30)6-4-13-5-7-18(39-2)16(31)8-13/h4-10,12,20,22-29,31-38H,11H2,1-3H3/b6-4+/t12-,20-,22-,23+,24+,25+,26+,27+,28-,29-/m1/s1. The smallest absolute Gasteiger partial charge is 0.229 e. The normalized spacial score (nSPS) is 32.4. The number of ether oxygens (including phenoxy) is 6. The van der Waals surface area contributed by atoms with Crippen LogP contribution in [0.4, 0.5) is 0 Å². The van der Waals surface area contributed by atoms with Gasteiger partial charge in [0.2, 0.25) is 6.29 Å². The molecule has 2 aromatic rings. The van der Waals surface area contributed by atoms with Crippen molar-refractivity contribution < 1.29 is 74.1 Å². The quantitative estimate of drug-likeness (QED) is 0.117. The average Bonchev–Trinajstić information content (AvgIpc) is 3.00. The predicted molar refractivity (Wildman–Crippen MR) is 148 cm³/mol. The van der Waals surface area contributed by atoms with Crippen LogP contribution in [0.5, 0.6) is 28.7 Å². The third-order valence-electron chi connectivity index (χ3n) is 7.31. The van der Waals surface area contributed by atoms with Crippen molar-refractivity contribution in [1.82, 2.24) is 0 Å². The van der Waals surface area contributed by atoms with Crippen LogP contribution in [0.1, 0.15) is 22.8 Å². The van der Waals surface area contributed by atoms with Crippen LogP contribution in [0.15, 0.2) is 36.4 Å². The van der Waals surface area contributed by atoms with Gasteiger partial charge in [-0.1, -0.05) is 12.1 Å². The maximum Gasteiger partial charge on any atom is 0.229 e. The number of aliphatic hydroxyl groups is 6. The zero-order valence-electron chi connectivity index (χ0n) is 24.0. The van der Waals surface area contributed by atoms with Gasteiger partial charge in [0.1, 0.15) is 65.5 Å². The van der Waals surface area contributed by atoms with Gasteiger partial charge >= 0.3 is 0 Å². The highest BCUT2D eigenvalue weighted by Crippen LogP contribution is 2.36. The number of hydrogen-bond acceptors (Lipinski definition) is 15. The zero-order valence-corrected chi connectivity index (χ0v) is 24.0. The number of hydrogen-bond donors (Lipinski definition) is 8. The monoisotopic (exact) mass is 624 g/mol. The Bertz CT molecular complexity index is 1330. The molecule has 4 rings (SSSR count). The summed E-state index contributed by atoms with van der Waals surface area (Å²) in [4.78, 5) is 12.9. The molecule has 44 heavy (non-hydrogen) atoms. The minimum atomic E-state index is -1.77. The average molecular weight is 625 g/mol. The Morgan fingerprint density at radius 3 is 2.11 bits per heavy atom. The van der Waals surface area contributed by atoms with Gasteiger partial charge in [-0.05, 0) is 30.7 Å². The summed E-state index contributed by atoms with van der Waals surface area (Å²) in [5, 5.41) is 82.0. The number of phenols is 2. The van der Waals surface area contributed by atoms with Crippen molar-refractivity contribution in [2.45, 2.75) is 68.3 Å². The van der Waals surface area contributed by atoms with Crippen LogP contribution in [0.2, 0.25) is 0 Å². The van der Waals surface area contributed by atoms with E-state index in [2.05, 4.69) is 0 Å². The first-order valence-corrected chi connectivity index (χ1v) is 13.5. The van der Waals surface area contributed by atoms with Crippen molar-refractivity contribution in [2.75, 3.05) is 20.8 Å². The number of carbonyl (C=O) groups is 1. The lowest BCUT2D eigenvalue weighted by molar-refractivity contribution is -0.318. The number of carbonyl (C=O) groups excluding carboxylic acids is 1. The van der Waals surface area contributed by atoms with Crippen LogP contribution in [0.3, 0.4) is 0 Å². The number of aromatic hydroxyl groups is 2. The molecular formula is C29H36O15. The molecule has 0 unspecified atom stereocenters. The maximum atomic E-state index is 12.9. The highest BCUT2D eigenvalue weighted by Gasteiger charge is 2.47. The Labute approximate surface area is 251 Å². The lowest BCUT2D eigenvalue weighted by Gasteiger charge is -2.42. The fraction of sp³-hybridized carbons (Fsp3) is 0.483. The van der Waals surface area contributed by atoms with Gasteiger partial charge in [-0.15, -0.1) is 0 Å². The lowest BCUT2D eigenvalue weighted by atomic mass is 9.98. The third kappa shape index (κ3) is 7.07. The highest BCUT2D eigenvalue weighted by atomic mass is 16.7. The molecule has 8 N–H and O–H groups in total. The summed E-state index contributed by atoms with van der Waals surface area (Å²) in [6.07, 6.45) is -12.4. The molecule has 0 spiro atoms. The number of phenolic OH excluding ortho intramolecular Hbond substituents is 2.